The number of carbonyl (C=O) groups excluding carboxylic acids is 4. The van der Waals surface area contributed by atoms with E-state index < -0.39 is 0 Å². The summed E-state index contributed by atoms with van der Waals surface area (Å²) in [6.45, 7) is 0.542. The van der Waals surface area contributed by atoms with E-state index in [1.165, 1.54) is 9.80 Å². The van der Waals surface area contributed by atoms with Gasteiger partial charge in [0.05, 0.1) is 9.81 Å². The summed E-state index contributed by atoms with van der Waals surface area (Å²) in [6.07, 6.45) is 1.29. The van der Waals surface area contributed by atoms with E-state index in [2.05, 4.69) is 10.6 Å². The Hall–Kier alpha value is -3.06. The van der Waals surface area contributed by atoms with Gasteiger partial charge in [0.25, 0.3) is 11.8 Å². The number of nitrogens with one attached hydrogen (secondary N) is 2. The lowest BCUT2D eigenvalue weighted by Gasteiger charge is -2.14. The van der Waals surface area contributed by atoms with Crippen molar-refractivity contribution in [3.63, 3.8) is 0 Å². The van der Waals surface area contributed by atoms with Crippen LogP contribution in [0.2, 0.25) is 0 Å². The average molecular weight is 585 g/mol. The molecule has 0 spiro atoms. The van der Waals surface area contributed by atoms with Gasteiger partial charge in [0.2, 0.25) is 11.8 Å². The van der Waals surface area contributed by atoms with Gasteiger partial charge in [-0.15, -0.1) is 0 Å². The van der Waals surface area contributed by atoms with Crippen LogP contribution in [-0.2, 0) is 19.2 Å². The lowest BCUT2D eigenvalue weighted by Crippen LogP contribution is -2.31. The molecule has 2 aliphatic rings. The zero-order valence-electron chi connectivity index (χ0n) is 20.2. The Morgan fingerprint density at radius 1 is 0.658 bits per heavy atom. The van der Waals surface area contributed by atoms with Crippen molar-refractivity contribution in [3.05, 3.63) is 70.5 Å². The highest BCUT2D eigenvalue weighted by Gasteiger charge is 2.41. The first-order valence-corrected chi connectivity index (χ1v) is 14.3. The van der Waals surface area contributed by atoms with Crippen LogP contribution >= 0.6 is 48.0 Å². The Labute approximate surface area is 239 Å². The second-order valence-electron chi connectivity index (χ2n) is 8.34. The fourth-order valence-corrected chi connectivity index (χ4v) is 6.51. The molecule has 0 atom stereocenters. The van der Waals surface area contributed by atoms with E-state index in [-0.39, 0.29) is 59.4 Å². The lowest BCUT2D eigenvalue weighted by molar-refractivity contribution is -0.124. The van der Waals surface area contributed by atoms with E-state index in [0.717, 1.165) is 23.5 Å². The van der Waals surface area contributed by atoms with Gasteiger partial charge in [-0.1, -0.05) is 84.4 Å². The zero-order valence-corrected chi connectivity index (χ0v) is 23.4. The third-order valence-corrected chi connectivity index (χ3v) is 8.62. The second kappa shape index (κ2) is 13.1. The number of para-hydroxylation sites is 2. The zero-order chi connectivity index (χ0) is 27.1. The normalized spacial score (nSPS) is 17.4. The van der Waals surface area contributed by atoms with Crippen molar-refractivity contribution in [2.45, 2.75) is 25.7 Å². The predicted octanol–water partition coefficient (Wildman–Crippen LogP) is 4.76. The molecule has 8 nitrogen and oxygen atoms in total. The number of hydrogen-bond donors (Lipinski definition) is 2. The van der Waals surface area contributed by atoms with Crippen LogP contribution < -0.4 is 10.6 Å². The Kier molecular flexibility index (Phi) is 9.67. The van der Waals surface area contributed by atoms with Crippen LogP contribution in [-0.4, -0.2) is 55.2 Å². The molecule has 2 saturated heterocycles. The number of benzene rings is 2. The van der Waals surface area contributed by atoms with Crippen molar-refractivity contribution in [1.29, 1.82) is 0 Å². The average Bonchev–Trinajstić information content (AvgIpc) is 3.34. The Bertz CT molecular complexity index is 1200. The maximum Gasteiger partial charge on any atom is 0.267 e. The van der Waals surface area contributed by atoms with E-state index in [1.54, 1.807) is 24.3 Å². The molecule has 0 aliphatic carbocycles. The number of hydrogen-bond acceptors (Lipinski definition) is 8. The molecule has 2 aliphatic heterocycles. The summed E-state index contributed by atoms with van der Waals surface area (Å²) in [4.78, 5) is 53.9. The molecule has 2 aromatic carbocycles. The van der Waals surface area contributed by atoms with Crippen molar-refractivity contribution < 1.29 is 19.2 Å². The Balaban J connectivity index is 1.28. The molecule has 12 heteroatoms. The summed E-state index contributed by atoms with van der Waals surface area (Å²) in [5, 5.41) is 5.62. The van der Waals surface area contributed by atoms with E-state index in [1.807, 2.05) is 36.4 Å². The summed E-state index contributed by atoms with van der Waals surface area (Å²) in [5.41, 5.74) is 1.42. The highest BCUT2D eigenvalue weighted by molar-refractivity contribution is 8.29. The fourth-order valence-electron chi connectivity index (χ4n) is 3.74. The third kappa shape index (κ3) is 7.07. The molecular weight excluding hydrogens is 561 g/mol. The first-order valence-electron chi connectivity index (χ1n) is 11.8. The van der Waals surface area contributed by atoms with Crippen LogP contribution in [0.15, 0.2) is 70.5 Å². The maximum atomic E-state index is 13.1. The molecule has 196 valence electrons. The van der Waals surface area contributed by atoms with Gasteiger partial charge in [-0.3, -0.25) is 29.0 Å². The molecule has 4 amide bonds. The van der Waals surface area contributed by atoms with Gasteiger partial charge in [0.15, 0.2) is 0 Å². The molecule has 0 radical (unpaired) electrons. The fraction of sp³-hybridized carbons (Fsp3) is 0.231. The monoisotopic (exact) mass is 584 g/mol. The molecule has 0 saturated carbocycles. The molecule has 2 aromatic rings. The van der Waals surface area contributed by atoms with Crippen molar-refractivity contribution >= 4 is 91.6 Å². The number of thioether (sulfide) groups is 2. The van der Waals surface area contributed by atoms with Crippen LogP contribution in [0.3, 0.4) is 0 Å². The summed E-state index contributed by atoms with van der Waals surface area (Å²) in [7, 11) is 0. The summed E-state index contributed by atoms with van der Waals surface area (Å²) in [5.74, 6) is -1.02. The molecular formula is C26H24N4O4S4. The van der Waals surface area contributed by atoms with E-state index in [4.69, 9.17) is 24.4 Å². The maximum absolute atomic E-state index is 13.1. The van der Waals surface area contributed by atoms with Crippen LogP contribution in [0.1, 0.15) is 25.7 Å². The first-order chi connectivity index (χ1) is 18.3. The van der Waals surface area contributed by atoms with Gasteiger partial charge in [-0.2, -0.15) is 0 Å². The van der Waals surface area contributed by atoms with Crippen LogP contribution in [0.4, 0.5) is 11.4 Å². The Morgan fingerprint density at radius 3 is 1.39 bits per heavy atom. The number of thiocarbonyl (C=S) groups is 2. The van der Waals surface area contributed by atoms with Crippen LogP contribution in [0.5, 0.6) is 0 Å². The number of anilines is 2. The van der Waals surface area contributed by atoms with Crippen molar-refractivity contribution in [2.24, 2.45) is 0 Å². The van der Waals surface area contributed by atoms with Crippen molar-refractivity contribution in [1.82, 2.24) is 9.80 Å². The highest BCUT2D eigenvalue weighted by Crippen LogP contribution is 2.42. The number of nitrogens with zero attached hydrogens (tertiary/aromatic N) is 2. The van der Waals surface area contributed by atoms with Crippen LogP contribution in [0.25, 0.3) is 0 Å². The quantitative estimate of drug-likeness (QED) is 0.305. The predicted molar refractivity (Wildman–Crippen MR) is 159 cm³/mol. The van der Waals surface area contributed by atoms with Crippen molar-refractivity contribution in [3.8, 4) is 0 Å². The smallest absolute Gasteiger partial charge is 0.267 e. The van der Waals surface area contributed by atoms with E-state index in [9.17, 15) is 19.2 Å². The van der Waals surface area contributed by atoms with Crippen LogP contribution in [0, 0.1) is 0 Å². The molecule has 4 rings (SSSR count). The third-order valence-electron chi connectivity index (χ3n) is 5.59. The minimum atomic E-state index is -0.355. The molecule has 38 heavy (non-hydrogen) atoms. The molecule has 0 bridgehead atoms. The SMILES string of the molecule is O=C(CCCN1C(=O)/C(=C2\SC(=S)N(CCCC(=O)Nc3ccccc3)C2=O)SC1=S)Nc1ccccc1. The second-order valence-corrected chi connectivity index (χ2v) is 11.6. The Morgan fingerprint density at radius 2 is 1.03 bits per heavy atom. The topological polar surface area (TPSA) is 98.8 Å². The minimum Gasteiger partial charge on any atom is -0.326 e. The number of carbonyl (C=O) groups is 4. The van der Waals surface area contributed by atoms with Gasteiger partial charge in [0, 0.05) is 37.3 Å². The van der Waals surface area contributed by atoms with Gasteiger partial charge in [-0.05, 0) is 37.1 Å². The highest BCUT2D eigenvalue weighted by atomic mass is 32.2. The summed E-state index contributed by atoms with van der Waals surface area (Å²) >= 11 is 12.9. The minimum absolute atomic E-state index is 0.153. The molecule has 2 fully saturated rings. The molecule has 2 heterocycles. The summed E-state index contributed by atoms with van der Waals surface area (Å²) in [6, 6.07) is 18.3. The van der Waals surface area contributed by atoms with E-state index >= 15 is 0 Å². The number of amides is 4. The van der Waals surface area contributed by atoms with E-state index in [0.29, 0.717) is 32.9 Å². The molecule has 0 aromatic heterocycles. The largest absolute Gasteiger partial charge is 0.326 e. The van der Waals surface area contributed by atoms with Gasteiger partial charge in [0.1, 0.15) is 8.64 Å². The first kappa shape index (κ1) is 28.0. The van der Waals surface area contributed by atoms with Gasteiger partial charge < -0.3 is 10.6 Å². The van der Waals surface area contributed by atoms with Gasteiger partial charge in [-0.25, -0.2) is 0 Å². The summed E-state index contributed by atoms with van der Waals surface area (Å²) < 4.78 is 0.688. The van der Waals surface area contributed by atoms with Gasteiger partial charge >= 0.3 is 0 Å². The molecule has 0 unspecified atom stereocenters. The lowest BCUT2D eigenvalue weighted by atomic mass is 10.2. The molecule has 2 N–H and O–H groups in total. The standard InChI is InChI=1S/C26H24N4O4S4/c31-19(27-17-9-3-1-4-10-17)13-7-15-29-23(33)21(37-25(29)35)22-24(34)30(26(36)38-22)16-8-14-20(32)28-18-11-5-2-6-12-18/h1-6,9-12H,7-8,13-16H2,(H,27,31)(H,28,32)/b22-21+. The van der Waals surface area contributed by atoms with Crippen molar-refractivity contribution in [2.75, 3.05) is 23.7 Å². The number of rotatable bonds is 10.